The number of amides is 3. The minimum absolute atomic E-state index is 0.0710. The van der Waals surface area contributed by atoms with Crippen molar-refractivity contribution in [1.82, 2.24) is 14.9 Å². The van der Waals surface area contributed by atoms with Gasteiger partial charge in [0.25, 0.3) is 11.8 Å². The molecule has 0 atom stereocenters. The smallest absolute Gasteiger partial charge is 0.251 e. The van der Waals surface area contributed by atoms with Gasteiger partial charge in [-0.2, -0.15) is 4.31 Å². The third kappa shape index (κ3) is 6.64. The minimum Gasteiger partial charge on any atom is -0.350 e. The molecule has 3 amide bonds. The van der Waals surface area contributed by atoms with E-state index in [-0.39, 0.29) is 35.7 Å². The van der Waals surface area contributed by atoms with Gasteiger partial charge >= 0.3 is 0 Å². The molecule has 0 unspecified atom stereocenters. The summed E-state index contributed by atoms with van der Waals surface area (Å²) in [4.78, 5) is 36.4. The van der Waals surface area contributed by atoms with Crippen LogP contribution in [0.25, 0.3) is 0 Å². The lowest BCUT2D eigenvalue weighted by Crippen LogP contribution is -2.34. The van der Waals surface area contributed by atoms with Gasteiger partial charge in [0.2, 0.25) is 15.9 Å². The summed E-state index contributed by atoms with van der Waals surface area (Å²) in [5.41, 5.74) is 1.41. The van der Waals surface area contributed by atoms with Gasteiger partial charge in [0.15, 0.2) is 0 Å². The highest BCUT2D eigenvalue weighted by atomic mass is 32.2. The number of carbonyl (C=O) groups is 3. The van der Waals surface area contributed by atoms with E-state index in [1.165, 1.54) is 28.6 Å². The standard InChI is InChI=1S/C24H30N4O5S/c1-2-5-22(29)27-20-10-6-18(7-11-20)23(30)25-14-15-26-24(31)19-8-12-21(13-9-19)34(32,33)28-16-3-4-17-28/h6-13H,2-5,14-17H2,1H3,(H,25,30)(H,26,31)(H,27,29). The summed E-state index contributed by atoms with van der Waals surface area (Å²) in [6.07, 6.45) is 2.92. The van der Waals surface area contributed by atoms with Crippen molar-refractivity contribution in [3.63, 3.8) is 0 Å². The second-order valence-electron chi connectivity index (χ2n) is 8.02. The predicted octanol–water partition coefficient (Wildman–Crippen LogP) is 2.37. The zero-order valence-electron chi connectivity index (χ0n) is 19.2. The van der Waals surface area contributed by atoms with Crippen molar-refractivity contribution in [3.05, 3.63) is 59.7 Å². The van der Waals surface area contributed by atoms with Gasteiger partial charge in [-0.05, 0) is 67.8 Å². The molecule has 0 saturated carbocycles. The molecular formula is C24H30N4O5S. The molecule has 10 heteroatoms. The molecule has 182 valence electrons. The van der Waals surface area contributed by atoms with Crippen molar-refractivity contribution in [3.8, 4) is 0 Å². The van der Waals surface area contributed by atoms with Crippen molar-refractivity contribution >= 4 is 33.4 Å². The van der Waals surface area contributed by atoms with E-state index in [9.17, 15) is 22.8 Å². The third-order valence-corrected chi connectivity index (χ3v) is 7.34. The molecule has 1 saturated heterocycles. The van der Waals surface area contributed by atoms with E-state index in [4.69, 9.17) is 0 Å². The average molecular weight is 487 g/mol. The van der Waals surface area contributed by atoms with Gasteiger partial charge in [0, 0.05) is 49.4 Å². The zero-order chi connectivity index (χ0) is 24.6. The molecule has 1 aliphatic rings. The van der Waals surface area contributed by atoms with Gasteiger partial charge in [0.1, 0.15) is 0 Å². The second kappa shape index (κ2) is 11.8. The largest absolute Gasteiger partial charge is 0.350 e. The summed E-state index contributed by atoms with van der Waals surface area (Å²) >= 11 is 0. The number of sulfonamides is 1. The first kappa shape index (κ1) is 25.4. The van der Waals surface area contributed by atoms with Gasteiger partial charge in [-0.3, -0.25) is 14.4 Å². The van der Waals surface area contributed by atoms with Gasteiger partial charge < -0.3 is 16.0 Å². The Labute approximate surface area is 200 Å². The SMILES string of the molecule is CCCC(=O)Nc1ccc(C(=O)NCCNC(=O)c2ccc(S(=O)(=O)N3CCCC3)cc2)cc1. The summed E-state index contributed by atoms with van der Waals surface area (Å²) in [6.45, 7) is 3.41. The Bertz CT molecular complexity index is 1110. The molecule has 3 N–H and O–H groups in total. The van der Waals surface area contributed by atoms with Gasteiger partial charge in [-0.15, -0.1) is 0 Å². The number of rotatable bonds is 10. The Kier molecular flexibility index (Phi) is 8.78. The Balaban J connectivity index is 1.43. The van der Waals surface area contributed by atoms with Crippen molar-refractivity contribution in [1.29, 1.82) is 0 Å². The number of hydrogen-bond acceptors (Lipinski definition) is 5. The molecule has 0 spiro atoms. The average Bonchev–Trinajstić information content (AvgIpc) is 3.38. The molecule has 2 aromatic carbocycles. The predicted molar refractivity (Wildman–Crippen MR) is 129 cm³/mol. The van der Waals surface area contributed by atoms with E-state index in [1.807, 2.05) is 6.92 Å². The molecule has 34 heavy (non-hydrogen) atoms. The van der Waals surface area contributed by atoms with Crippen LogP contribution in [0.3, 0.4) is 0 Å². The first-order valence-corrected chi connectivity index (χ1v) is 12.8. The summed E-state index contributed by atoms with van der Waals surface area (Å²) < 4.78 is 26.6. The van der Waals surface area contributed by atoms with Gasteiger partial charge in [-0.25, -0.2) is 8.42 Å². The van der Waals surface area contributed by atoms with E-state index in [2.05, 4.69) is 16.0 Å². The highest BCUT2D eigenvalue weighted by Gasteiger charge is 2.27. The van der Waals surface area contributed by atoms with Crippen molar-refractivity contribution < 1.29 is 22.8 Å². The number of nitrogens with one attached hydrogen (secondary N) is 3. The first-order valence-electron chi connectivity index (χ1n) is 11.4. The summed E-state index contributed by atoms with van der Waals surface area (Å²) in [5.74, 6) is -0.720. The quantitative estimate of drug-likeness (QED) is 0.445. The van der Waals surface area contributed by atoms with Crippen molar-refractivity contribution in [2.24, 2.45) is 0 Å². The van der Waals surface area contributed by atoms with E-state index in [0.717, 1.165) is 19.3 Å². The van der Waals surface area contributed by atoms with Crippen LogP contribution in [0.2, 0.25) is 0 Å². The monoisotopic (exact) mass is 486 g/mol. The highest BCUT2D eigenvalue weighted by Crippen LogP contribution is 2.21. The van der Waals surface area contributed by atoms with Gasteiger partial charge in [0.05, 0.1) is 4.90 Å². The van der Waals surface area contributed by atoms with Crippen LogP contribution < -0.4 is 16.0 Å². The maximum Gasteiger partial charge on any atom is 0.251 e. The molecule has 0 bridgehead atoms. The van der Waals surface area contributed by atoms with Crippen LogP contribution in [0.5, 0.6) is 0 Å². The fourth-order valence-corrected chi connectivity index (χ4v) is 5.08. The Hall–Kier alpha value is -3.24. The lowest BCUT2D eigenvalue weighted by Gasteiger charge is -2.15. The van der Waals surface area contributed by atoms with Crippen LogP contribution in [-0.2, 0) is 14.8 Å². The Morgan fingerprint density at radius 3 is 1.82 bits per heavy atom. The number of nitrogens with zero attached hydrogens (tertiary/aromatic N) is 1. The van der Waals surface area contributed by atoms with E-state index in [0.29, 0.717) is 36.3 Å². The normalized spacial score (nSPS) is 13.9. The number of benzene rings is 2. The van der Waals surface area contributed by atoms with Crippen LogP contribution in [0, 0.1) is 0 Å². The molecule has 0 aliphatic carbocycles. The molecule has 2 aromatic rings. The highest BCUT2D eigenvalue weighted by molar-refractivity contribution is 7.89. The molecule has 0 aromatic heterocycles. The van der Waals surface area contributed by atoms with Crippen LogP contribution in [0.1, 0.15) is 53.3 Å². The number of carbonyl (C=O) groups excluding carboxylic acids is 3. The fourth-order valence-electron chi connectivity index (χ4n) is 3.57. The lowest BCUT2D eigenvalue weighted by atomic mass is 10.2. The molecule has 1 fully saturated rings. The van der Waals surface area contributed by atoms with Crippen molar-refractivity contribution in [2.45, 2.75) is 37.5 Å². The second-order valence-corrected chi connectivity index (χ2v) is 9.96. The Morgan fingerprint density at radius 1 is 0.824 bits per heavy atom. The van der Waals surface area contributed by atoms with Crippen LogP contribution >= 0.6 is 0 Å². The topological polar surface area (TPSA) is 125 Å². The van der Waals surface area contributed by atoms with E-state index < -0.39 is 10.0 Å². The third-order valence-electron chi connectivity index (χ3n) is 5.42. The molecule has 1 heterocycles. The summed E-state index contributed by atoms with van der Waals surface area (Å²) in [5, 5.41) is 8.18. The van der Waals surface area contributed by atoms with E-state index >= 15 is 0 Å². The van der Waals surface area contributed by atoms with Crippen LogP contribution in [0.15, 0.2) is 53.4 Å². The molecule has 9 nitrogen and oxygen atoms in total. The number of hydrogen-bond donors (Lipinski definition) is 3. The van der Waals surface area contributed by atoms with Crippen molar-refractivity contribution in [2.75, 3.05) is 31.5 Å². The summed E-state index contributed by atoms with van der Waals surface area (Å²) in [6, 6.07) is 12.4. The zero-order valence-corrected chi connectivity index (χ0v) is 20.0. The fraction of sp³-hybridized carbons (Fsp3) is 0.375. The minimum atomic E-state index is -3.52. The van der Waals surface area contributed by atoms with Gasteiger partial charge in [-0.1, -0.05) is 6.92 Å². The molecular weight excluding hydrogens is 456 g/mol. The van der Waals surface area contributed by atoms with Crippen LogP contribution in [-0.4, -0.2) is 56.6 Å². The molecule has 1 aliphatic heterocycles. The van der Waals surface area contributed by atoms with E-state index in [1.54, 1.807) is 24.3 Å². The first-order chi connectivity index (χ1) is 16.3. The van der Waals surface area contributed by atoms with Crippen LogP contribution in [0.4, 0.5) is 5.69 Å². The summed E-state index contributed by atoms with van der Waals surface area (Å²) in [7, 11) is -3.52. The molecule has 3 rings (SSSR count). The molecule has 0 radical (unpaired) electrons. The maximum absolute atomic E-state index is 12.6. The lowest BCUT2D eigenvalue weighted by molar-refractivity contribution is -0.116. The maximum atomic E-state index is 12.6. The Morgan fingerprint density at radius 2 is 1.32 bits per heavy atom. The number of anilines is 1.